The second-order valence-corrected chi connectivity index (χ2v) is 7.93. The largest absolute Gasteiger partial charge is 0.494 e. The molecule has 1 aromatic heterocycles. The van der Waals surface area contributed by atoms with E-state index >= 15 is 0 Å². The topological polar surface area (TPSA) is 57.7 Å². The first kappa shape index (κ1) is 19.7. The molecule has 1 N–H and O–H groups in total. The maximum atomic E-state index is 13.8. The molecule has 0 unspecified atom stereocenters. The fraction of sp³-hybridized carbons (Fsp3) is 0.474. The Morgan fingerprint density at radius 2 is 1.96 bits per heavy atom. The summed E-state index contributed by atoms with van der Waals surface area (Å²) in [5, 5.41) is 3.54. The number of amides is 1. The molecule has 2 aromatic rings. The average molecular weight is 393 g/mol. The van der Waals surface area contributed by atoms with Gasteiger partial charge in [0.15, 0.2) is 16.7 Å². The molecule has 0 aliphatic carbocycles. The molecule has 1 aliphatic heterocycles. The zero-order valence-corrected chi connectivity index (χ0v) is 16.7. The number of benzene rings is 1. The normalized spacial score (nSPS) is 15.7. The van der Waals surface area contributed by atoms with Crippen molar-refractivity contribution in [1.82, 2.24) is 14.8 Å². The molecule has 1 aliphatic rings. The summed E-state index contributed by atoms with van der Waals surface area (Å²) in [4.78, 5) is 22.1. The van der Waals surface area contributed by atoms with Gasteiger partial charge >= 0.3 is 0 Å². The van der Waals surface area contributed by atoms with Crippen LogP contribution in [0, 0.1) is 19.7 Å². The molecular formula is C19H25FN4O2S. The van der Waals surface area contributed by atoms with E-state index < -0.39 is 0 Å². The molecule has 8 heteroatoms. The van der Waals surface area contributed by atoms with Crippen LogP contribution in [0.5, 0.6) is 5.75 Å². The van der Waals surface area contributed by atoms with Gasteiger partial charge in [0.25, 0.3) is 0 Å². The number of rotatable bonds is 6. The van der Waals surface area contributed by atoms with Gasteiger partial charge in [-0.15, -0.1) is 11.3 Å². The van der Waals surface area contributed by atoms with Gasteiger partial charge in [-0.1, -0.05) is 6.07 Å². The third kappa shape index (κ3) is 5.24. The van der Waals surface area contributed by atoms with E-state index in [2.05, 4.69) is 20.1 Å². The lowest BCUT2D eigenvalue weighted by Crippen LogP contribution is -2.48. The Labute approximate surface area is 163 Å². The molecule has 1 amide bonds. The molecule has 3 rings (SSSR count). The molecule has 1 aromatic carbocycles. The van der Waals surface area contributed by atoms with Gasteiger partial charge in [-0.2, -0.15) is 0 Å². The second-order valence-electron chi connectivity index (χ2n) is 6.73. The van der Waals surface area contributed by atoms with Crippen molar-refractivity contribution in [2.45, 2.75) is 20.4 Å². The average Bonchev–Trinajstić information content (AvgIpc) is 2.94. The first-order valence-corrected chi connectivity index (χ1v) is 9.77. The highest BCUT2D eigenvalue weighted by atomic mass is 32.1. The molecule has 6 nitrogen and oxygen atoms in total. The number of nitrogens with one attached hydrogen (secondary N) is 1. The number of nitrogens with zero attached hydrogens (tertiary/aromatic N) is 3. The van der Waals surface area contributed by atoms with Crippen LogP contribution in [-0.2, 0) is 11.3 Å². The second kappa shape index (κ2) is 8.77. The number of methoxy groups -OCH3 is 1. The minimum atomic E-state index is -0.335. The number of ether oxygens (including phenoxy) is 1. The van der Waals surface area contributed by atoms with Crippen LogP contribution in [0.3, 0.4) is 0 Å². The van der Waals surface area contributed by atoms with E-state index in [4.69, 9.17) is 4.74 Å². The molecule has 1 saturated heterocycles. The fourth-order valence-corrected chi connectivity index (χ4v) is 3.89. The van der Waals surface area contributed by atoms with Gasteiger partial charge in [0.1, 0.15) is 0 Å². The number of hydrogen-bond acceptors (Lipinski definition) is 6. The molecule has 0 atom stereocenters. The fourth-order valence-electron chi connectivity index (χ4n) is 3.06. The van der Waals surface area contributed by atoms with Gasteiger partial charge in [0.05, 0.1) is 19.3 Å². The monoisotopic (exact) mass is 392 g/mol. The summed E-state index contributed by atoms with van der Waals surface area (Å²) < 4.78 is 18.8. The maximum absolute atomic E-state index is 13.8. The Morgan fingerprint density at radius 1 is 1.26 bits per heavy atom. The highest BCUT2D eigenvalue weighted by Crippen LogP contribution is 2.21. The number of aromatic nitrogens is 1. The number of halogens is 1. The van der Waals surface area contributed by atoms with Crippen molar-refractivity contribution >= 4 is 22.4 Å². The van der Waals surface area contributed by atoms with Crippen LogP contribution in [0.2, 0.25) is 0 Å². The number of anilines is 1. The molecule has 146 valence electrons. The van der Waals surface area contributed by atoms with E-state index in [1.165, 1.54) is 24.5 Å². The number of piperazine rings is 1. The maximum Gasteiger partial charge on any atom is 0.240 e. The van der Waals surface area contributed by atoms with Crippen LogP contribution < -0.4 is 10.1 Å². The van der Waals surface area contributed by atoms with E-state index in [1.54, 1.807) is 6.07 Å². The summed E-state index contributed by atoms with van der Waals surface area (Å²) in [7, 11) is 1.46. The van der Waals surface area contributed by atoms with Crippen LogP contribution in [0.25, 0.3) is 0 Å². The zero-order valence-electron chi connectivity index (χ0n) is 15.9. The van der Waals surface area contributed by atoms with Crippen molar-refractivity contribution in [3.05, 3.63) is 40.2 Å². The number of thiazole rings is 1. The van der Waals surface area contributed by atoms with Gasteiger partial charge in [-0.3, -0.25) is 14.6 Å². The van der Waals surface area contributed by atoms with E-state index in [1.807, 2.05) is 19.9 Å². The third-order valence-electron chi connectivity index (χ3n) is 4.73. The zero-order chi connectivity index (χ0) is 19.4. The highest BCUT2D eigenvalue weighted by molar-refractivity contribution is 7.15. The van der Waals surface area contributed by atoms with Crippen molar-refractivity contribution in [1.29, 1.82) is 0 Å². The van der Waals surface area contributed by atoms with E-state index in [0.717, 1.165) is 42.3 Å². The van der Waals surface area contributed by atoms with Crippen molar-refractivity contribution in [2.75, 3.05) is 45.2 Å². The van der Waals surface area contributed by atoms with Crippen LogP contribution in [0.15, 0.2) is 18.2 Å². The summed E-state index contributed by atoms with van der Waals surface area (Å²) in [5.41, 5.74) is 1.88. The Hall–Kier alpha value is -2.03. The van der Waals surface area contributed by atoms with Crippen LogP contribution in [0.4, 0.5) is 9.52 Å². The molecule has 0 saturated carbocycles. The van der Waals surface area contributed by atoms with Gasteiger partial charge in [-0.05, 0) is 31.5 Å². The summed E-state index contributed by atoms with van der Waals surface area (Å²) in [6.07, 6.45) is 0. The lowest BCUT2D eigenvalue weighted by molar-refractivity contribution is -0.117. The van der Waals surface area contributed by atoms with Crippen LogP contribution in [-0.4, -0.2) is 60.5 Å². The van der Waals surface area contributed by atoms with E-state index in [0.29, 0.717) is 18.2 Å². The first-order valence-electron chi connectivity index (χ1n) is 8.95. The van der Waals surface area contributed by atoms with Crippen LogP contribution >= 0.6 is 11.3 Å². The van der Waals surface area contributed by atoms with Gasteiger partial charge in [0, 0.05) is 37.6 Å². The predicted molar refractivity (Wildman–Crippen MR) is 105 cm³/mol. The molecule has 1 fully saturated rings. The lowest BCUT2D eigenvalue weighted by atomic mass is 10.2. The predicted octanol–water partition coefficient (Wildman–Crippen LogP) is 2.66. The van der Waals surface area contributed by atoms with Crippen molar-refractivity contribution < 1.29 is 13.9 Å². The van der Waals surface area contributed by atoms with Crippen LogP contribution in [0.1, 0.15) is 16.1 Å². The lowest BCUT2D eigenvalue weighted by Gasteiger charge is -2.34. The molecule has 0 radical (unpaired) electrons. The Balaban J connectivity index is 1.44. The summed E-state index contributed by atoms with van der Waals surface area (Å²) in [5.74, 6) is -0.104. The first-order chi connectivity index (χ1) is 12.9. The minimum absolute atomic E-state index is 0.0329. The van der Waals surface area contributed by atoms with Gasteiger partial charge in [-0.25, -0.2) is 9.37 Å². The number of hydrogen-bond donors (Lipinski definition) is 1. The number of carbonyl (C=O) groups excluding carboxylic acids is 1. The summed E-state index contributed by atoms with van der Waals surface area (Å²) in [6.45, 7) is 8.30. The smallest absolute Gasteiger partial charge is 0.240 e. The number of carbonyl (C=O) groups is 1. The van der Waals surface area contributed by atoms with Crippen molar-refractivity contribution in [3.8, 4) is 5.75 Å². The SMILES string of the molecule is COc1ccc(CN2CCN(CC(=O)Nc3nc(C)c(C)s3)CC2)cc1F. The highest BCUT2D eigenvalue weighted by Gasteiger charge is 2.20. The summed E-state index contributed by atoms with van der Waals surface area (Å²) in [6, 6.07) is 5.07. The molecule has 0 bridgehead atoms. The summed E-state index contributed by atoms with van der Waals surface area (Å²) >= 11 is 1.50. The quantitative estimate of drug-likeness (QED) is 0.819. The van der Waals surface area contributed by atoms with Gasteiger partial charge < -0.3 is 10.1 Å². The number of aryl methyl sites for hydroxylation is 2. The van der Waals surface area contributed by atoms with Crippen molar-refractivity contribution in [2.24, 2.45) is 0 Å². The third-order valence-corrected chi connectivity index (χ3v) is 5.72. The molecular weight excluding hydrogens is 367 g/mol. The Morgan fingerprint density at radius 3 is 2.56 bits per heavy atom. The van der Waals surface area contributed by atoms with E-state index in [9.17, 15) is 9.18 Å². The Kier molecular flexibility index (Phi) is 6.41. The van der Waals surface area contributed by atoms with E-state index in [-0.39, 0.29) is 17.5 Å². The Bertz CT molecular complexity index is 784. The van der Waals surface area contributed by atoms with Crippen molar-refractivity contribution in [3.63, 3.8) is 0 Å². The molecule has 0 spiro atoms. The standard InChI is InChI=1S/C19H25FN4O2S/c1-13-14(2)27-19(21-13)22-18(25)12-24-8-6-23(7-9-24)11-15-4-5-17(26-3)16(20)10-15/h4-5,10H,6-9,11-12H2,1-3H3,(H,21,22,25). The molecule has 2 heterocycles. The van der Waals surface area contributed by atoms with Gasteiger partial charge in [0.2, 0.25) is 5.91 Å². The minimum Gasteiger partial charge on any atom is -0.494 e. The molecule has 27 heavy (non-hydrogen) atoms.